The Morgan fingerprint density at radius 3 is 2.19 bits per heavy atom. The molecule has 5 aromatic rings. The Morgan fingerprint density at radius 2 is 1.44 bits per heavy atom. The first-order chi connectivity index (χ1) is 28.6. The van der Waals surface area contributed by atoms with Gasteiger partial charge in [0.1, 0.15) is 30.4 Å². The molecule has 1 aromatic heterocycles. The molecule has 0 aliphatic carbocycles. The molecule has 4 aromatic carbocycles. The van der Waals surface area contributed by atoms with Gasteiger partial charge in [-0.15, -0.1) is 0 Å². The first-order valence-electron chi connectivity index (χ1n) is 20.8. The predicted molar refractivity (Wildman–Crippen MR) is 228 cm³/mol. The van der Waals surface area contributed by atoms with Crippen LogP contribution in [0.25, 0.3) is 10.8 Å². The highest BCUT2D eigenvalue weighted by molar-refractivity contribution is 5.96. The van der Waals surface area contributed by atoms with Gasteiger partial charge in [-0.25, -0.2) is 9.59 Å². The molecule has 3 aliphatic rings. The van der Waals surface area contributed by atoms with Crippen LogP contribution < -0.4 is 19.3 Å². The van der Waals surface area contributed by atoms with E-state index in [0.29, 0.717) is 65.0 Å². The van der Waals surface area contributed by atoms with E-state index in [9.17, 15) is 9.59 Å². The summed E-state index contributed by atoms with van der Waals surface area (Å²) < 4.78 is 24.2. The fourth-order valence-electron chi connectivity index (χ4n) is 8.07. The lowest BCUT2D eigenvalue weighted by atomic mass is 9.99. The molecule has 2 amide bonds. The SMILES string of the molecule is CC(C)(C)OC(=O)N1CCC[C@@H](COc2nc3c(c(N4CCN(C(=O)OCc5ccccc5)CC4)n2)CCN(c2cc(OCc4ccccc4)cc4ccccc24)C3)C1. The summed E-state index contributed by atoms with van der Waals surface area (Å²) in [6.45, 7) is 11.5. The molecule has 59 heavy (non-hydrogen) atoms. The Balaban J connectivity index is 1.02. The first-order valence-corrected chi connectivity index (χ1v) is 20.8. The van der Waals surface area contributed by atoms with Crippen LogP contribution in [0.4, 0.5) is 21.1 Å². The lowest BCUT2D eigenvalue weighted by Crippen LogP contribution is -2.49. The van der Waals surface area contributed by atoms with Crippen molar-refractivity contribution in [1.82, 2.24) is 19.8 Å². The van der Waals surface area contributed by atoms with Crippen LogP contribution in [0, 0.1) is 5.92 Å². The Kier molecular flexibility index (Phi) is 12.0. The molecular weight excluding hydrogens is 745 g/mol. The van der Waals surface area contributed by atoms with Gasteiger partial charge in [0, 0.05) is 74.4 Å². The van der Waals surface area contributed by atoms with E-state index < -0.39 is 5.60 Å². The molecule has 2 fully saturated rings. The highest BCUT2D eigenvalue weighted by atomic mass is 16.6. The van der Waals surface area contributed by atoms with Crippen LogP contribution >= 0.6 is 0 Å². The number of hydrogen-bond donors (Lipinski definition) is 0. The van der Waals surface area contributed by atoms with Gasteiger partial charge in [0.15, 0.2) is 0 Å². The van der Waals surface area contributed by atoms with Crippen LogP contribution in [-0.4, -0.2) is 90.0 Å². The van der Waals surface area contributed by atoms with Gasteiger partial charge >= 0.3 is 18.2 Å². The molecule has 3 aliphatic heterocycles. The molecule has 2 saturated heterocycles. The quantitative estimate of drug-likeness (QED) is 0.137. The van der Waals surface area contributed by atoms with Gasteiger partial charge in [-0.3, -0.25) is 0 Å². The molecule has 12 nitrogen and oxygen atoms in total. The van der Waals surface area contributed by atoms with Gasteiger partial charge in [-0.2, -0.15) is 9.97 Å². The topological polar surface area (TPSA) is 110 Å². The molecule has 12 heteroatoms. The van der Waals surface area contributed by atoms with Crippen molar-refractivity contribution in [2.75, 3.05) is 62.2 Å². The summed E-state index contributed by atoms with van der Waals surface area (Å²) >= 11 is 0. The predicted octanol–water partition coefficient (Wildman–Crippen LogP) is 8.26. The minimum absolute atomic E-state index is 0.117. The third-order valence-corrected chi connectivity index (χ3v) is 11.1. The minimum atomic E-state index is -0.557. The molecular formula is C47H54N6O6. The van der Waals surface area contributed by atoms with Gasteiger partial charge in [0.2, 0.25) is 0 Å². The van der Waals surface area contributed by atoms with E-state index in [-0.39, 0.29) is 24.7 Å². The molecule has 8 rings (SSSR count). The number of nitrogens with zero attached hydrogens (tertiary/aromatic N) is 6. The number of carbonyl (C=O) groups excluding carboxylic acids is 2. The van der Waals surface area contributed by atoms with Crippen molar-refractivity contribution in [2.45, 2.75) is 65.4 Å². The van der Waals surface area contributed by atoms with Gasteiger partial charge in [0.05, 0.1) is 18.8 Å². The van der Waals surface area contributed by atoms with Crippen LogP contribution in [0.1, 0.15) is 56.0 Å². The number of amides is 2. The summed E-state index contributed by atoms with van der Waals surface area (Å²) in [5, 5.41) is 2.26. The third kappa shape index (κ3) is 9.99. The molecule has 1 atom stereocenters. The van der Waals surface area contributed by atoms with Gasteiger partial charge in [-0.1, -0.05) is 84.9 Å². The van der Waals surface area contributed by atoms with Crippen molar-refractivity contribution >= 4 is 34.5 Å². The van der Waals surface area contributed by atoms with E-state index in [0.717, 1.165) is 76.2 Å². The zero-order chi connectivity index (χ0) is 40.8. The number of hydrogen-bond acceptors (Lipinski definition) is 10. The Labute approximate surface area is 346 Å². The number of piperidine rings is 1. The number of anilines is 2. The summed E-state index contributed by atoms with van der Waals surface area (Å²) in [7, 11) is 0. The van der Waals surface area contributed by atoms with Gasteiger partial charge < -0.3 is 38.5 Å². The van der Waals surface area contributed by atoms with Crippen molar-refractivity contribution in [3.63, 3.8) is 0 Å². The minimum Gasteiger partial charge on any atom is -0.489 e. The summed E-state index contributed by atoms with van der Waals surface area (Å²) in [6.07, 6.45) is 1.94. The van der Waals surface area contributed by atoms with Crippen molar-refractivity contribution in [3.05, 3.63) is 119 Å². The Bertz CT molecular complexity index is 2220. The highest BCUT2D eigenvalue weighted by Gasteiger charge is 2.32. The van der Waals surface area contributed by atoms with Crippen molar-refractivity contribution in [2.24, 2.45) is 5.92 Å². The molecule has 0 radical (unpaired) electrons. The molecule has 0 bridgehead atoms. The zero-order valence-electron chi connectivity index (χ0n) is 34.3. The molecule has 0 unspecified atom stereocenters. The van der Waals surface area contributed by atoms with Crippen LogP contribution in [0.2, 0.25) is 0 Å². The second-order valence-electron chi connectivity index (χ2n) is 16.6. The number of fused-ring (bicyclic) bond motifs is 2. The average molecular weight is 799 g/mol. The normalized spacial score (nSPS) is 17.0. The van der Waals surface area contributed by atoms with Crippen molar-refractivity contribution in [1.29, 1.82) is 0 Å². The maximum Gasteiger partial charge on any atom is 0.410 e. The number of aromatic nitrogens is 2. The number of rotatable bonds is 10. The number of carbonyl (C=O) groups is 2. The zero-order valence-corrected chi connectivity index (χ0v) is 34.3. The van der Waals surface area contributed by atoms with E-state index in [4.69, 9.17) is 28.9 Å². The molecule has 308 valence electrons. The summed E-state index contributed by atoms with van der Waals surface area (Å²) in [5.74, 6) is 1.78. The third-order valence-electron chi connectivity index (χ3n) is 11.1. The average Bonchev–Trinajstić information content (AvgIpc) is 3.26. The summed E-state index contributed by atoms with van der Waals surface area (Å²) in [5.41, 5.74) is 4.62. The molecule has 4 heterocycles. The van der Waals surface area contributed by atoms with Gasteiger partial charge in [0.25, 0.3) is 0 Å². The largest absolute Gasteiger partial charge is 0.489 e. The number of ether oxygens (including phenoxy) is 4. The van der Waals surface area contributed by atoms with E-state index in [2.05, 4.69) is 58.3 Å². The second kappa shape index (κ2) is 17.8. The van der Waals surface area contributed by atoms with E-state index in [1.54, 1.807) is 9.80 Å². The molecule has 0 saturated carbocycles. The van der Waals surface area contributed by atoms with Crippen LogP contribution in [0.15, 0.2) is 97.1 Å². The monoisotopic (exact) mass is 798 g/mol. The van der Waals surface area contributed by atoms with E-state index >= 15 is 0 Å². The van der Waals surface area contributed by atoms with E-state index in [1.807, 2.05) is 69.3 Å². The maximum atomic E-state index is 13.1. The first kappa shape index (κ1) is 39.8. The summed E-state index contributed by atoms with van der Waals surface area (Å²) in [4.78, 5) is 44.3. The molecule has 0 spiro atoms. The Hall–Kier alpha value is -6.04. The van der Waals surface area contributed by atoms with Crippen molar-refractivity contribution < 1.29 is 28.5 Å². The van der Waals surface area contributed by atoms with Crippen LogP contribution in [0.3, 0.4) is 0 Å². The van der Waals surface area contributed by atoms with E-state index in [1.165, 1.54) is 0 Å². The maximum absolute atomic E-state index is 13.1. The second-order valence-corrected chi connectivity index (χ2v) is 16.6. The highest BCUT2D eigenvalue weighted by Crippen LogP contribution is 2.37. The van der Waals surface area contributed by atoms with Crippen LogP contribution in [0.5, 0.6) is 11.8 Å². The van der Waals surface area contributed by atoms with Gasteiger partial charge in [-0.05, 0) is 62.6 Å². The number of piperazine rings is 1. The Morgan fingerprint density at radius 1 is 0.729 bits per heavy atom. The number of likely N-dealkylation sites (tertiary alicyclic amines) is 1. The smallest absolute Gasteiger partial charge is 0.410 e. The summed E-state index contributed by atoms with van der Waals surface area (Å²) in [6, 6.07) is 32.9. The number of benzene rings is 4. The van der Waals surface area contributed by atoms with Crippen LogP contribution in [-0.2, 0) is 35.7 Å². The lowest BCUT2D eigenvalue weighted by molar-refractivity contribution is 0.0137. The standard InChI is InChI=1S/C47H54N6O6/c1-47(2,3)59-46(55)53-21-12-17-36(29-53)33-57-44-48-41-30-52(42-28-38(27-37-18-10-11-19-39(37)42)56-31-34-13-6-4-7-14-34)22-20-40(41)43(49-44)50-23-25-51(26-24-50)45(54)58-32-35-15-8-5-9-16-35/h4-11,13-16,18-19,27-28,36H,12,17,20-26,29-33H2,1-3H3/t36-/m1/s1. The van der Waals surface area contributed by atoms with Crippen molar-refractivity contribution in [3.8, 4) is 11.8 Å². The molecule has 0 N–H and O–H groups in total. The lowest BCUT2D eigenvalue weighted by Gasteiger charge is -2.38. The fourth-order valence-corrected chi connectivity index (χ4v) is 8.07. The fraction of sp³-hybridized carbons (Fsp3) is 0.404.